The highest BCUT2D eigenvalue weighted by molar-refractivity contribution is 7.89. The molecular weight excluding hydrogens is 288 g/mol. The Hall–Kier alpha value is -1.11. The lowest BCUT2D eigenvalue weighted by Crippen LogP contribution is -2.64. The molecule has 1 heterocycles. The van der Waals surface area contributed by atoms with Crippen molar-refractivity contribution >= 4 is 15.7 Å². The summed E-state index contributed by atoms with van der Waals surface area (Å²) in [4.78, 5) is 2.36. The molecule has 1 saturated heterocycles. The molecule has 0 amide bonds. The highest BCUT2D eigenvalue weighted by Crippen LogP contribution is 2.33. The maximum Gasteiger partial charge on any atom is 0.240 e. The van der Waals surface area contributed by atoms with Crippen molar-refractivity contribution < 1.29 is 13.5 Å². The Kier molecular flexibility index (Phi) is 3.50. The third kappa shape index (κ3) is 2.93. The van der Waals surface area contributed by atoms with Gasteiger partial charge in [-0.15, -0.1) is 0 Å². The summed E-state index contributed by atoms with van der Waals surface area (Å²) in [5.41, 5.74) is 0.323. The van der Waals surface area contributed by atoms with Gasteiger partial charge >= 0.3 is 0 Å². The number of anilines is 1. The summed E-state index contributed by atoms with van der Waals surface area (Å²) < 4.78 is 26.8. The second-order valence-corrected chi connectivity index (χ2v) is 8.22. The van der Waals surface area contributed by atoms with Gasteiger partial charge in [-0.05, 0) is 43.0 Å². The number of nitrogens with zero attached hydrogens (tertiary/aromatic N) is 1. The minimum absolute atomic E-state index is 0.117. The van der Waals surface area contributed by atoms with Gasteiger partial charge in [0.25, 0.3) is 0 Å². The topological polar surface area (TPSA) is 69.6 Å². The largest absolute Gasteiger partial charge is 0.386 e. The van der Waals surface area contributed by atoms with E-state index in [1.54, 1.807) is 24.3 Å². The van der Waals surface area contributed by atoms with Gasteiger partial charge in [0.15, 0.2) is 0 Å². The van der Waals surface area contributed by atoms with Gasteiger partial charge in [0.1, 0.15) is 5.60 Å². The van der Waals surface area contributed by atoms with Crippen LogP contribution in [-0.2, 0) is 10.0 Å². The van der Waals surface area contributed by atoms with Crippen LogP contribution in [0.25, 0.3) is 0 Å². The molecule has 5 nitrogen and oxygen atoms in total. The van der Waals surface area contributed by atoms with Crippen molar-refractivity contribution in [3.05, 3.63) is 24.3 Å². The molecule has 0 atom stereocenters. The standard InChI is InChI=1S/C15H22N2O3S/c1-11(2)15(18)9-17(10-15)13-5-7-14(8-6-13)21(19,20)16-12-3-4-12/h5-8,11-12,16,18H,3-4,9-10H2,1-2H3. The quantitative estimate of drug-likeness (QED) is 0.861. The van der Waals surface area contributed by atoms with Crippen molar-refractivity contribution in [1.29, 1.82) is 0 Å². The molecule has 1 aliphatic heterocycles. The average molecular weight is 310 g/mol. The number of rotatable bonds is 5. The van der Waals surface area contributed by atoms with Crippen LogP contribution in [0.2, 0.25) is 0 Å². The Morgan fingerprint density at radius 2 is 1.81 bits per heavy atom. The Bertz CT molecular complexity index is 615. The second-order valence-electron chi connectivity index (χ2n) is 6.50. The predicted octanol–water partition coefficient (Wildman–Crippen LogP) is 1.33. The van der Waals surface area contributed by atoms with Crippen molar-refractivity contribution in [2.75, 3.05) is 18.0 Å². The van der Waals surface area contributed by atoms with Gasteiger partial charge in [-0.1, -0.05) is 13.8 Å². The summed E-state index contributed by atoms with van der Waals surface area (Å²) in [6.07, 6.45) is 1.86. The molecule has 2 fully saturated rings. The number of hydrogen-bond acceptors (Lipinski definition) is 4. The molecule has 0 bridgehead atoms. The Balaban J connectivity index is 1.68. The summed E-state index contributed by atoms with van der Waals surface area (Å²) in [5, 5.41) is 10.3. The van der Waals surface area contributed by atoms with Gasteiger partial charge in [0.2, 0.25) is 10.0 Å². The normalized spacial score (nSPS) is 21.4. The summed E-state index contributed by atoms with van der Waals surface area (Å²) in [6.45, 7) is 5.21. The van der Waals surface area contributed by atoms with E-state index in [1.165, 1.54) is 0 Å². The van der Waals surface area contributed by atoms with E-state index in [0.717, 1.165) is 18.5 Å². The summed E-state index contributed by atoms with van der Waals surface area (Å²) in [6, 6.07) is 6.99. The first kappa shape index (κ1) is 14.8. The molecule has 2 aliphatic rings. The number of benzene rings is 1. The van der Waals surface area contributed by atoms with Crippen molar-refractivity contribution in [2.24, 2.45) is 5.92 Å². The highest BCUT2D eigenvalue weighted by atomic mass is 32.2. The molecule has 3 rings (SSSR count). The number of aliphatic hydroxyl groups is 1. The van der Waals surface area contributed by atoms with Crippen LogP contribution in [0.15, 0.2) is 29.2 Å². The molecule has 0 aromatic heterocycles. The van der Waals surface area contributed by atoms with Gasteiger partial charge in [-0.25, -0.2) is 13.1 Å². The molecule has 1 aliphatic carbocycles. The Labute approximate surface area is 126 Å². The third-order valence-corrected chi connectivity index (χ3v) is 5.95. The fourth-order valence-electron chi connectivity index (χ4n) is 2.49. The van der Waals surface area contributed by atoms with E-state index in [2.05, 4.69) is 9.62 Å². The summed E-state index contributed by atoms with van der Waals surface area (Å²) in [5.74, 6) is 0.219. The highest BCUT2D eigenvalue weighted by Gasteiger charge is 2.43. The second kappa shape index (κ2) is 4.97. The van der Waals surface area contributed by atoms with Gasteiger partial charge < -0.3 is 10.0 Å². The first-order valence-electron chi connectivity index (χ1n) is 7.40. The van der Waals surface area contributed by atoms with Crippen LogP contribution >= 0.6 is 0 Å². The van der Waals surface area contributed by atoms with Crippen LogP contribution < -0.4 is 9.62 Å². The summed E-state index contributed by atoms with van der Waals surface area (Å²) >= 11 is 0. The van der Waals surface area contributed by atoms with Crippen molar-refractivity contribution in [1.82, 2.24) is 4.72 Å². The molecule has 6 heteroatoms. The Morgan fingerprint density at radius 1 is 1.24 bits per heavy atom. The lowest BCUT2D eigenvalue weighted by molar-refractivity contribution is -0.0300. The van der Waals surface area contributed by atoms with E-state index in [9.17, 15) is 13.5 Å². The van der Waals surface area contributed by atoms with Crippen LogP contribution in [0.5, 0.6) is 0 Å². The summed E-state index contributed by atoms with van der Waals surface area (Å²) in [7, 11) is -3.38. The van der Waals surface area contributed by atoms with Gasteiger partial charge in [0, 0.05) is 24.8 Å². The van der Waals surface area contributed by atoms with Crippen LogP contribution in [0.1, 0.15) is 26.7 Å². The Morgan fingerprint density at radius 3 is 2.29 bits per heavy atom. The maximum atomic E-state index is 12.1. The molecule has 2 N–H and O–H groups in total. The molecule has 21 heavy (non-hydrogen) atoms. The van der Waals surface area contributed by atoms with E-state index in [0.29, 0.717) is 18.0 Å². The lowest BCUT2D eigenvalue weighted by atomic mass is 9.83. The average Bonchev–Trinajstić information content (AvgIpc) is 3.18. The van der Waals surface area contributed by atoms with E-state index in [-0.39, 0.29) is 12.0 Å². The zero-order chi connectivity index (χ0) is 15.3. The smallest absolute Gasteiger partial charge is 0.240 e. The molecular formula is C15H22N2O3S. The number of sulfonamides is 1. The van der Waals surface area contributed by atoms with Crippen molar-refractivity contribution in [3.63, 3.8) is 0 Å². The fourth-order valence-corrected chi connectivity index (χ4v) is 3.79. The first-order valence-corrected chi connectivity index (χ1v) is 8.88. The maximum absolute atomic E-state index is 12.1. The monoisotopic (exact) mass is 310 g/mol. The predicted molar refractivity (Wildman–Crippen MR) is 81.8 cm³/mol. The molecule has 0 unspecified atom stereocenters. The molecule has 0 spiro atoms. The first-order chi connectivity index (χ1) is 9.80. The van der Waals surface area contributed by atoms with Crippen LogP contribution in [0.4, 0.5) is 5.69 Å². The number of β-amino-alcohol motifs (C(OH)–C–C–N with tert-alkyl or cyclic N) is 1. The van der Waals surface area contributed by atoms with Crippen molar-refractivity contribution in [3.8, 4) is 0 Å². The van der Waals surface area contributed by atoms with Gasteiger partial charge in [0.05, 0.1) is 4.90 Å². The zero-order valence-corrected chi connectivity index (χ0v) is 13.2. The van der Waals surface area contributed by atoms with Crippen LogP contribution in [-0.4, -0.2) is 38.3 Å². The molecule has 1 aromatic rings. The van der Waals surface area contributed by atoms with E-state index in [4.69, 9.17) is 0 Å². The molecule has 1 aromatic carbocycles. The SMILES string of the molecule is CC(C)C1(O)CN(c2ccc(S(=O)(=O)NC3CC3)cc2)C1. The van der Waals surface area contributed by atoms with Gasteiger partial charge in [-0.3, -0.25) is 0 Å². The molecule has 1 saturated carbocycles. The van der Waals surface area contributed by atoms with Gasteiger partial charge in [-0.2, -0.15) is 0 Å². The van der Waals surface area contributed by atoms with Crippen molar-refractivity contribution in [2.45, 2.75) is 43.2 Å². The lowest BCUT2D eigenvalue weighted by Gasteiger charge is -2.50. The minimum Gasteiger partial charge on any atom is -0.386 e. The molecule has 0 radical (unpaired) electrons. The van der Waals surface area contributed by atoms with E-state index >= 15 is 0 Å². The third-order valence-electron chi connectivity index (χ3n) is 4.42. The van der Waals surface area contributed by atoms with E-state index in [1.807, 2.05) is 13.8 Å². The number of nitrogens with one attached hydrogen (secondary N) is 1. The minimum atomic E-state index is -3.38. The van der Waals surface area contributed by atoms with Crippen LogP contribution in [0, 0.1) is 5.92 Å². The zero-order valence-electron chi connectivity index (χ0n) is 12.4. The van der Waals surface area contributed by atoms with E-state index < -0.39 is 15.6 Å². The fraction of sp³-hybridized carbons (Fsp3) is 0.600. The number of hydrogen-bond donors (Lipinski definition) is 2. The molecule has 116 valence electrons. The van der Waals surface area contributed by atoms with Crippen LogP contribution in [0.3, 0.4) is 0 Å².